The number of aromatic nitrogens is 1. The fraction of sp³-hybridized carbons (Fsp3) is 0.250. The zero-order valence-electron chi connectivity index (χ0n) is 6.55. The van der Waals surface area contributed by atoms with Crippen LogP contribution < -0.4 is 0 Å². The van der Waals surface area contributed by atoms with Crippen LogP contribution >= 0.6 is 0 Å². The Morgan fingerprint density at radius 3 is 2.77 bits per heavy atom. The Labute approximate surface area is 73.9 Å². The number of rotatable bonds is 2. The molecule has 0 aromatic carbocycles. The van der Waals surface area contributed by atoms with Crippen molar-refractivity contribution in [2.24, 2.45) is 0 Å². The summed E-state index contributed by atoms with van der Waals surface area (Å²) in [4.78, 5) is 3.61. The lowest BCUT2D eigenvalue weighted by molar-refractivity contribution is 0.0496. The lowest BCUT2D eigenvalue weighted by atomic mass is 10.1. The number of hydrogen-bond donors (Lipinski definition) is 2. The Morgan fingerprint density at radius 1 is 1.54 bits per heavy atom. The first-order valence-electron chi connectivity index (χ1n) is 3.52. The number of hydrogen-bond acceptors (Lipinski definition) is 4. The summed E-state index contributed by atoms with van der Waals surface area (Å²) in [5.41, 5.74) is -0.0611. The Morgan fingerprint density at radius 2 is 2.23 bits per heavy atom. The van der Waals surface area contributed by atoms with Crippen LogP contribution in [0.3, 0.4) is 0 Å². The SMILES string of the molecule is N#CC(O)C(O)c1cc(F)ccn1. The summed E-state index contributed by atoms with van der Waals surface area (Å²) < 4.78 is 12.6. The van der Waals surface area contributed by atoms with Crippen LogP contribution in [0.2, 0.25) is 0 Å². The lowest BCUT2D eigenvalue weighted by Gasteiger charge is -2.09. The quantitative estimate of drug-likeness (QED) is 0.637. The van der Waals surface area contributed by atoms with Gasteiger partial charge in [-0.2, -0.15) is 5.26 Å². The lowest BCUT2D eigenvalue weighted by Crippen LogP contribution is -2.17. The summed E-state index contributed by atoms with van der Waals surface area (Å²) in [7, 11) is 0. The van der Waals surface area contributed by atoms with Crippen molar-refractivity contribution in [2.75, 3.05) is 0 Å². The van der Waals surface area contributed by atoms with E-state index in [0.29, 0.717) is 0 Å². The number of nitriles is 1. The van der Waals surface area contributed by atoms with Crippen molar-refractivity contribution in [3.05, 3.63) is 29.8 Å². The minimum atomic E-state index is -1.59. The molecule has 0 aliphatic carbocycles. The third kappa shape index (κ3) is 2.21. The third-order valence-corrected chi connectivity index (χ3v) is 1.48. The van der Waals surface area contributed by atoms with Crippen LogP contribution in [0.4, 0.5) is 4.39 Å². The predicted molar refractivity (Wildman–Crippen MR) is 40.8 cm³/mol. The van der Waals surface area contributed by atoms with Gasteiger partial charge in [0.15, 0.2) is 6.10 Å². The summed E-state index contributed by atoms with van der Waals surface area (Å²) >= 11 is 0. The van der Waals surface area contributed by atoms with E-state index in [0.717, 1.165) is 18.3 Å². The zero-order chi connectivity index (χ0) is 9.84. The molecule has 0 spiro atoms. The predicted octanol–water partition coefficient (Wildman–Crippen LogP) is 0.139. The topological polar surface area (TPSA) is 77.1 Å². The molecular formula is C8H7FN2O2. The van der Waals surface area contributed by atoms with E-state index < -0.39 is 18.0 Å². The fourth-order valence-corrected chi connectivity index (χ4v) is 0.815. The second kappa shape index (κ2) is 3.94. The van der Waals surface area contributed by atoms with Crippen LogP contribution in [-0.4, -0.2) is 21.3 Å². The fourth-order valence-electron chi connectivity index (χ4n) is 0.815. The Hall–Kier alpha value is -1.51. The summed E-state index contributed by atoms with van der Waals surface area (Å²) in [5.74, 6) is -0.575. The van der Waals surface area contributed by atoms with Crippen LogP contribution in [0.25, 0.3) is 0 Å². The summed E-state index contributed by atoms with van der Waals surface area (Å²) in [5, 5.41) is 26.4. The van der Waals surface area contributed by atoms with Gasteiger partial charge < -0.3 is 10.2 Å². The molecule has 1 rings (SSSR count). The molecule has 13 heavy (non-hydrogen) atoms. The Balaban J connectivity index is 2.90. The van der Waals surface area contributed by atoms with Crippen LogP contribution in [0.5, 0.6) is 0 Å². The molecule has 2 N–H and O–H groups in total. The molecule has 0 fully saturated rings. The highest BCUT2D eigenvalue weighted by Crippen LogP contribution is 2.14. The van der Waals surface area contributed by atoms with E-state index >= 15 is 0 Å². The monoisotopic (exact) mass is 182 g/mol. The molecular weight excluding hydrogens is 175 g/mol. The first-order valence-corrected chi connectivity index (χ1v) is 3.52. The van der Waals surface area contributed by atoms with E-state index in [9.17, 15) is 9.50 Å². The van der Waals surface area contributed by atoms with Gasteiger partial charge in [0.2, 0.25) is 0 Å². The summed E-state index contributed by atoms with van der Waals surface area (Å²) in [6, 6.07) is 3.50. The van der Waals surface area contributed by atoms with E-state index in [1.807, 2.05) is 0 Å². The number of aliphatic hydroxyl groups excluding tert-OH is 2. The molecule has 2 unspecified atom stereocenters. The number of aliphatic hydroxyl groups is 2. The van der Waals surface area contributed by atoms with Crippen molar-refractivity contribution in [3.63, 3.8) is 0 Å². The highest BCUT2D eigenvalue weighted by atomic mass is 19.1. The molecule has 1 aromatic rings. The Kier molecular flexibility index (Phi) is 2.90. The molecule has 68 valence electrons. The zero-order valence-corrected chi connectivity index (χ0v) is 6.55. The van der Waals surface area contributed by atoms with Gasteiger partial charge in [-0.3, -0.25) is 4.98 Å². The van der Waals surface area contributed by atoms with E-state index in [4.69, 9.17) is 10.4 Å². The summed E-state index contributed by atoms with van der Waals surface area (Å²) in [6.07, 6.45) is -1.91. The molecule has 1 aromatic heterocycles. The van der Waals surface area contributed by atoms with Crippen LogP contribution in [-0.2, 0) is 0 Å². The van der Waals surface area contributed by atoms with Gasteiger partial charge in [0.1, 0.15) is 11.9 Å². The molecule has 0 saturated heterocycles. The van der Waals surface area contributed by atoms with E-state index in [2.05, 4.69) is 4.98 Å². The molecule has 5 heteroatoms. The molecule has 0 aliphatic rings. The van der Waals surface area contributed by atoms with E-state index in [1.54, 1.807) is 0 Å². The minimum Gasteiger partial charge on any atom is -0.383 e. The third-order valence-electron chi connectivity index (χ3n) is 1.48. The number of halogens is 1. The van der Waals surface area contributed by atoms with Gasteiger partial charge in [0, 0.05) is 6.20 Å². The highest BCUT2D eigenvalue weighted by molar-refractivity contribution is 5.12. The first-order chi connectivity index (χ1) is 6.15. The van der Waals surface area contributed by atoms with Crippen molar-refractivity contribution in [1.82, 2.24) is 4.98 Å². The van der Waals surface area contributed by atoms with Crippen molar-refractivity contribution in [1.29, 1.82) is 5.26 Å². The van der Waals surface area contributed by atoms with Gasteiger partial charge in [-0.1, -0.05) is 0 Å². The number of nitrogens with zero attached hydrogens (tertiary/aromatic N) is 2. The van der Waals surface area contributed by atoms with E-state index in [-0.39, 0.29) is 5.69 Å². The molecule has 2 atom stereocenters. The van der Waals surface area contributed by atoms with Gasteiger partial charge in [0.25, 0.3) is 0 Å². The van der Waals surface area contributed by atoms with Gasteiger partial charge >= 0.3 is 0 Å². The van der Waals surface area contributed by atoms with Crippen molar-refractivity contribution in [2.45, 2.75) is 12.2 Å². The van der Waals surface area contributed by atoms with E-state index in [1.165, 1.54) is 6.07 Å². The van der Waals surface area contributed by atoms with Gasteiger partial charge in [-0.25, -0.2) is 4.39 Å². The average molecular weight is 182 g/mol. The normalized spacial score (nSPS) is 14.6. The Bertz CT molecular complexity index is 337. The molecule has 0 aliphatic heterocycles. The second-order valence-corrected chi connectivity index (χ2v) is 2.42. The molecule has 0 amide bonds. The largest absolute Gasteiger partial charge is 0.383 e. The maximum absolute atomic E-state index is 12.6. The van der Waals surface area contributed by atoms with Crippen LogP contribution in [0, 0.1) is 17.1 Å². The molecule has 4 nitrogen and oxygen atoms in total. The number of pyridine rings is 1. The maximum atomic E-state index is 12.6. The van der Waals surface area contributed by atoms with Crippen molar-refractivity contribution < 1.29 is 14.6 Å². The highest BCUT2D eigenvalue weighted by Gasteiger charge is 2.18. The van der Waals surface area contributed by atoms with Crippen molar-refractivity contribution in [3.8, 4) is 6.07 Å². The van der Waals surface area contributed by atoms with Gasteiger partial charge in [-0.05, 0) is 12.1 Å². The smallest absolute Gasteiger partial charge is 0.171 e. The molecule has 0 bridgehead atoms. The van der Waals surface area contributed by atoms with Crippen LogP contribution in [0.15, 0.2) is 18.3 Å². The maximum Gasteiger partial charge on any atom is 0.171 e. The molecule has 1 heterocycles. The van der Waals surface area contributed by atoms with Crippen molar-refractivity contribution >= 4 is 0 Å². The first kappa shape index (κ1) is 9.58. The van der Waals surface area contributed by atoms with Gasteiger partial charge in [-0.15, -0.1) is 0 Å². The standard InChI is InChI=1S/C8H7FN2O2/c9-5-1-2-11-6(3-5)8(13)7(12)4-10/h1-3,7-8,12-13H. The van der Waals surface area contributed by atoms with Crippen LogP contribution in [0.1, 0.15) is 11.8 Å². The second-order valence-electron chi connectivity index (χ2n) is 2.42. The average Bonchev–Trinajstić information content (AvgIpc) is 2.15. The van der Waals surface area contributed by atoms with Gasteiger partial charge in [0.05, 0.1) is 11.8 Å². The minimum absolute atomic E-state index is 0.0611. The summed E-state index contributed by atoms with van der Waals surface area (Å²) in [6.45, 7) is 0. The molecule has 0 saturated carbocycles. The molecule has 0 radical (unpaired) electrons.